The second-order valence-corrected chi connectivity index (χ2v) is 4.39. The fraction of sp³-hybridized carbons (Fsp3) is 0.429. The van der Waals surface area contributed by atoms with Gasteiger partial charge in [0.25, 0.3) is 0 Å². The molecule has 0 bridgehead atoms. The topological polar surface area (TPSA) is 26.0 Å². The van der Waals surface area contributed by atoms with Crippen molar-refractivity contribution in [3.05, 3.63) is 35.9 Å². The molecule has 0 aromatic heterocycles. The smallest absolute Gasteiger partial charge is 0.0247 e. The van der Waals surface area contributed by atoms with Crippen LogP contribution in [0.2, 0.25) is 0 Å². The van der Waals surface area contributed by atoms with E-state index in [1.165, 1.54) is 24.8 Å². The predicted molar refractivity (Wildman–Crippen MR) is 63.4 cm³/mol. The van der Waals surface area contributed by atoms with Gasteiger partial charge in [-0.1, -0.05) is 36.8 Å². The molecular weight excluding hydrogens is 182 g/mol. The molecule has 2 N–H and O–H groups in total. The standard InChI is InChI=1S/C14H17N/c1-2-7-13(15)14(10-6-11-14)12-8-4-3-5-9-12/h1,3-5,8-9,13H,6-7,10-11,15H2. The van der Waals surface area contributed by atoms with Crippen molar-refractivity contribution in [2.24, 2.45) is 5.73 Å². The number of hydrogen-bond acceptors (Lipinski definition) is 1. The van der Waals surface area contributed by atoms with Crippen LogP contribution in [0.1, 0.15) is 31.2 Å². The van der Waals surface area contributed by atoms with Crippen LogP contribution >= 0.6 is 0 Å². The third kappa shape index (κ3) is 1.66. The van der Waals surface area contributed by atoms with Crippen molar-refractivity contribution in [2.45, 2.75) is 37.1 Å². The number of nitrogens with two attached hydrogens (primary N) is 1. The minimum absolute atomic E-state index is 0.110. The molecule has 1 aliphatic carbocycles. The van der Waals surface area contributed by atoms with Gasteiger partial charge in [0.2, 0.25) is 0 Å². The average molecular weight is 199 g/mol. The van der Waals surface area contributed by atoms with E-state index in [4.69, 9.17) is 12.2 Å². The Morgan fingerprint density at radius 3 is 2.47 bits per heavy atom. The molecule has 15 heavy (non-hydrogen) atoms. The van der Waals surface area contributed by atoms with Crippen LogP contribution in [-0.2, 0) is 5.41 Å². The van der Waals surface area contributed by atoms with Crippen molar-refractivity contribution in [3.8, 4) is 12.3 Å². The van der Waals surface area contributed by atoms with Gasteiger partial charge in [-0.25, -0.2) is 0 Å². The van der Waals surface area contributed by atoms with Gasteiger partial charge in [0.1, 0.15) is 0 Å². The first-order valence-electron chi connectivity index (χ1n) is 5.54. The van der Waals surface area contributed by atoms with Crippen LogP contribution in [0.25, 0.3) is 0 Å². The van der Waals surface area contributed by atoms with E-state index in [9.17, 15) is 0 Å². The summed E-state index contributed by atoms with van der Waals surface area (Å²) in [5, 5.41) is 0. The normalized spacial score (nSPS) is 20.0. The molecule has 2 rings (SSSR count). The average Bonchev–Trinajstić information content (AvgIpc) is 2.18. The summed E-state index contributed by atoms with van der Waals surface area (Å²) in [6, 6.07) is 10.7. The van der Waals surface area contributed by atoms with E-state index in [0.717, 1.165) is 0 Å². The van der Waals surface area contributed by atoms with Crippen LogP contribution < -0.4 is 5.73 Å². The minimum Gasteiger partial charge on any atom is -0.326 e. The van der Waals surface area contributed by atoms with Gasteiger partial charge >= 0.3 is 0 Å². The van der Waals surface area contributed by atoms with Gasteiger partial charge in [-0.3, -0.25) is 0 Å². The number of benzene rings is 1. The molecule has 1 aromatic rings. The van der Waals surface area contributed by atoms with Gasteiger partial charge in [-0.2, -0.15) is 0 Å². The maximum Gasteiger partial charge on any atom is 0.0247 e. The Kier molecular flexibility index (Phi) is 2.79. The van der Waals surface area contributed by atoms with E-state index in [1.54, 1.807) is 0 Å². The molecule has 0 aliphatic heterocycles. The predicted octanol–water partition coefficient (Wildman–Crippen LogP) is 2.46. The van der Waals surface area contributed by atoms with Gasteiger partial charge in [0, 0.05) is 17.9 Å². The lowest BCUT2D eigenvalue weighted by Crippen LogP contribution is -2.50. The molecular formula is C14H17N. The first-order valence-corrected chi connectivity index (χ1v) is 5.54. The van der Waals surface area contributed by atoms with Crippen molar-refractivity contribution in [3.63, 3.8) is 0 Å². The number of terminal acetylenes is 1. The Hall–Kier alpha value is -1.26. The zero-order valence-electron chi connectivity index (χ0n) is 8.95. The first-order chi connectivity index (χ1) is 7.29. The van der Waals surface area contributed by atoms with Crippen LogP contribution in [-0.4, -0.2) is 6.04 Å². The molecule has 0 saturated heterocycles. The minimum atomic E-state index is 0.110. The van der Waals surface area contributed by atoms with E-state index in [1.807, 2.05) is 6.07 Å². The molecule has 1 fully saturated rings. The zero-order valence-corrected chi connectivity index (χ0v) is 8.95. The highest BCUT2D eigenvalue weighted by molar-refractivity contribution is 5.31. The third-order valence-electron chi connectivity index (χ3n) is 3.64. The van der Waals surface area contributed by atoms with E-state index >= 15 is 0 Å². The number of hydrogen-bond donors (Lipinski definition) is 1. The lowest BCUT2D eigenvalue weighted by Gasteiger charge is -2.46. The molecule has 1 aromatic carbocycles. The van der Waals surface area contributed by atoms with Gasteiger partial charge in [0.15, 0.2) is 0 Å². The first kappa shape index (κ1) is 10.3. The van der Waals surface area contributed by atoms with Gasteiger partial charge < -0.3 is 5.73 Å². The van der Waals surface area contributed by atoms with Crippen molar-refractivity contribution in [2.75, 3.05) is 0 Å². The van der Waals surface area contributed by atoms with E-state index in [0.29, 0.717) is 6.42 Å². The molecule has 1 saturated carbocycles. The molecule has 1 nitrogen and oxygen atoms in total. The van der Waals surface area contributed by atoms with Crippen LogP contribution in [0.5, 0.6) is 0 Å². The van der Waals surface area contributed by atoms with Crippen molar-refractivity contribution in [1.82, 2.24) is 0 Å². The second-order valence-electron chi connectivity index (χ2n) is 4.39. The summed E-state index contributed by atoms with van der Waals surface area (Å²) in [5.41, 5.74) is 7.73. The summed E-state index contributed by atoms with van der Waals surface area (Å²) in [6.45, 7) is 0. The fourth-order valence-electron chi connectivity index (χ4n) is 2.52. The number of rotatable bonds is 3. The fourth-order valence-corrected chi connectivity index (χ4v) is 2.52. The van der Waals surface area contributed by atoms with Crippen LogP contribution in [0.3, 0.4) is 0 Å². The molecule has 78 valence electrons. The second kappa shape index (κ2) is 4.08. The summed E-state index contributed by atoms with van der Waals surface area (Å²) in [4.78, 5) is 0. The maximum atomic E-state index is 6.21. The van der Waals surface area contributed by atoms with Gasteiger partial charge in [-0.15, -0.1) is 12.3 Å². The summed E-state index contributed by atoms with van der Waals surface area (Å²) in [5.74, 6) is 2.69. The zero-order chi connectivity index (χ0) is 10.7. The summed E-state index contributed by atoms with van der Waals surface area (Å²) in [6.07, 6.45) is 9.66. The summed E-state index contributed by atoms with van der Waals surface area (Å²) < 4.78 is 0. The lowest BCUT2D eigenvalue weighted by molar-refractivity contribution is 0.197. The Labute approximate surface area is 91.7 Å². The molecule has 0 amide bonds. The SMILES string of the molecule is C#CCC(N)C1(c2ccccc2)CCC1. The lowest BCUT2D eigenvalue weighted by atomic mass is 9.60. The molecule has 0 heterocycles. The molecule has 1 unspecified atom stereocenters. The van der Waals surface area contributed by atoms with E-state index in [-0.39, 0.29) is 11.5 Å². The van der Waals surface area contributed by atoms with Crippen LogP contribution in [0.4, 0.5) is 0 Å². The molecule has 1 aliphatic rings. The third-order valence-corrected chi connectivity index (χ3v) is 3.64. The van der Waals surface area contributed by atoms with Crippen LogP contribution in [0.15, 0.2) is 30.3 Å². The molecule has 1 heteroatoms. The largest absolute Gasteiger partial charge is 0.326 e. The van der Waals surface area contributed by atoms with Gasteiger partial charge in [0.05, 0.1) is 0 Å². The summed E-state index contributed by atoms with van der Waals surface area (Å²) >= 11 is 0. The van der Waals surface area contributed by atoms with Crippen molar-refractivity contribution < 1.29 is 0 Å². The maximum absolute atomic E-state index is 6.21. The highest BCUT2D eigenvalue weighted by Crippen LogP contribution is 2.46. The molecule has 0 radical (unpaired) electrons. The van der Waals surface area contributed by atoms with Crippen molar-refractivity contribution in [1.29, 1.82) is 0 Å². The highest BCUT2D eigenvalue weighted by atomic mass is 14.7. The van der Waals surface area contributed by atoms with Gasteiger partial charge in [-0.05, 0) is 18.4 Å². The van der Waals surface area contributed by atoms with E-state index in [2.05, 4.69) is 30.2 Å². The van der Waals surface area contributed by atoms with E-state index < -0.39 is 0 Å². The Balaban J connectivity index is 2.27. The van der Waals surface area contributed by atoms with Crippen LogP contribution in [0, 0.1) is 12.3 Å². The Bertz CT molecular complexity index is 357. The highest BCUT2D eigenvalue weighted by Gasteiger charge is 2.43. The van der Waals surface area contributed by atoms with Crippen molar-refractivity contribution >= 4 is 0 Å². The Morgan fingerprint density at radius 2 is 2.00 bits per heavy atom. The molecule has 0 spiro atoms. The Morgan fingerprint density at radius 1 is 1.33 bits per heavy atom. The summed E-state index contributed by atoms with van der Waals surface area (Å²) in [7, 11) is 0. The monoisotopic (exact) mass is 199 g/mol. The molecule has 1 atom stereocenters. The quantitative estimate of drug-likeness (QED) is 0.743.